The Morgan fingerprint density at radius 2 is 2.00 bits per heavy atom. The molecule has 0 heterocycles. The van der Waals surface area contributed by atoms with E-state index in [4.69, 9.17) is 17.3 Å². The van der Waals surface area contributed by atoms with Gasteiger partial charge in [0.2, 0.25) is 0 Å². The second-order valence-electron chi connectivity index (χ2n) is 4.39. The van der Waals surface area contributed by atoms with Crippen molar-refractivity contribution in [3.8, 4) is 0 Å². The number of hydrogen-bond acceptors (Lipinski definition) is 2. The van der Waals surface area contributed by atoms with E-state index in [-0.39, 0.29) is 12.4 Å². The van der Waals surface area contributed by atoms with Crippen LogP contribution in [0.25, 0.3) is 0 Å². The van der Waals surface area contributed by atoms with Crippen molar-refractivity contribution in [2.75, 3.05) is 0 Å². The van der Waals surface area contributed by atoms with E-state index in [0.717, 1.165) is 0 Å². The predicted octanol–water partition coefficient (Wildman–Crippen LogP) is 3.31. The van der Waals surface area contributed by atoms with E-state index in [0.29, 0.717) is 22.9 Å². The van der Waals surface area contributed by atoms with Crippen LogP contribution < -0.4 is 5.73 Å². The lowest BCUT2D eigenvalue weighted by atomic mass is 9.95. The summed E-state index contributed by atoms with van der Waals surface area (Å²) in [5.41, 5.74) is 6.11. The molecule has 0 aromatic heterocycles. The Morgan fingerprint density at radius 3 is 2.47 bits per heavy atom. The summed E-state index contributed by atoms with van der Waals surface area (Å²) in [6.45, 7) is 3.96. The van der Waals surface area contributed by atoms with Crippen molar-refractivity contribution in [3.05, 3.63) is 34.6 Å². The second-order valence-corrected chi connectivity index (χ2v) is 4.82. The van der Waals surface area contributed by atoms with Crippen molar-refractivity contribution >= 4 is 24.0 Å². The van der Waals surface area contributed by atoms with E-state index < -0.39 is 18.0 Å². The zero-order valence-corrected chi connectivity index (χ0v) is 11.4. The lowest BCUT2D eigenvalue weighted by molar-refractivity contribution is 0.119. The van der Waals surface area contributed by atoms with E-state index in [9.17, 15) is 9.50 Å². The average molecular weight is 282 g/mol. The van der Waals surface area contributed by atoms with Crippen molar-refractivity contribution < 1.29 is 9.50 Å². The maximum absolute atomic E-state index is 13.5. The van der Waals surface area contributed by atoms with Gasteiger partial charge >= 0.3 is 0 Å². The molecule has 1 rings (SSSR count). The molecule has 5 heteroatoms. The first-order valence-corrected chi connectivity index (χ1v) is 5.68. The molecule has 0 bridgehead atoms. The number of benzene rings is 1. The van der Waals surface area contributed by atoms with Crippen LogP contribution in [0.5, 0.6) is 0 Å². The highest BCUT2D eigenvalue weighted by atomic mass is 35.5. The van der Waals surface area contributed by atoms with Crippen LogP contribution in [-0.4, -0.2) is 11.2 Å². The Balaban J connectivity index is 0.00000256. The summed E-state index contributed by atoms with van der Waals surface area (Å²) in [6, 6.07) is 3.59. The topological polar surface area (TPSA) is 46.2 Å². The largest absolute Gasteiger partial charge is 0.391 e. The molecule has 2 nitrogen and oxygen atoms in total. The van der Waals surface area contributed by atoms with Gasteiger partial charge in [0, 0.05) is 10.6 Å². The fourth-order valence-corrected chi connectivity index (χ4v) is 1.77. The molecule has 0 saturated carbocycles. The molecule has 0 aliphatic heterocycles. The summed E-state index contributed by atoms with van der Waals surface area (Å²) < 4.78 is 13.5. The molecule has 0 unspecified atom stereocenters. The summed E-state index contributed by atoms with van der Waals surface area (Å²) in [6.07, 6.45) is -0.195. The van der Waals surface area contributed by atoms with Gasteiger partial charge in [-0.15, -0.1) is 12.4 Å². The molecule has 3 N–H and O–H groups in total. The Morgan fingerprint density at radius 1 is 1.41 bits per heavy atom. The van der Waals surface area contributed by atoms with Crippen LogP contribution in [0.15, 0.2) is 18.2 Å². The van der Waals surface area contributed by atoms with Gasteiger partial charge in [0.05, 0.1) is 12.1 Å². The third kappa shape index (κ3) is 4.80. The van der Waals surface area contributed by atoms with Gasteiger partial charge in [0.1, 0.15) is 5.82 Å². The zero-order chi connectivity index (χ0) is 12.3. The fraction of sp³-hybridized carbons (Fsp3) is 0.500. The molecule has 1 aromatic carbocycles. The number of nitrogens with two attached hydrogens (primary N) is 1. The van der Waals surface area contributed by atoms with Crippen LogP contribution in [0.4, 0.5) is 4.39 Å². The Labute approximate surface area is 112 Å². The quantitative estimate of drug-likeness (QED) is 0.890. The molecule has 0 spiro atoms. The summed E-state index contributed by atoms with van der Waals surface area (Å²) >= 11 is 5.64. The van der Waals surface area contributed by atoms with Gasteiger partial charge in [0.15, 0.2) is 0 Å². The van der Waals surface area contributed by atoms with Gasteiger partial charge in [-0.25, -0.2) is 4.39 Å². The molecule has 17 heavy (non-hydrogen) atoms. The van der Waals surface area contributed by atoms with Crippen LogP contribution in [0, 0.1) is 11.7 Å². The SMILES string of the molecule is CC(C)C[C@H](O)[C@H](N)c1ccc(Cl)cc1F.Cl. The Kier molecular flexibility index (Phi) is 7.02. The predicted molar refractivity (Wildman–Crippen MR) is 71.0 cm³/mol. The maximum Gasteiger partial charge on any atom is 0.129 e. The van der Waals surface area contributed by atoms with Gasteiger partial charge in [-0.05, 0) is 24.5 Å². The number of aliphatic hydroxyl groups is 1. The van der Waals surface area contributed by atoms with Crippen molar-refractivity contribution in [1.29, 1.82) is 0 Å². The average Bonchev–Trinajstić information content (AvgIpc) is 2.15. The Bertz CT molecular complexity index is 360. The van der Waals surface area contributed by atoms with Crippen molar-refractivity contribution in [1.82, 2.24) is 0 Å². The third-order valence-electron chi connectivity index (χ3n) is 2.45. The first-order chi connectivity index (χ1) is 7.41. The van der Waals surface area contributed by atoms with Crippen LogP contribution in [0.3, 0.4) is 0 Å². The van der Waals surface area contributed by atoms with Gasteiger partial charge in [-0.2, -0.15) is 0 Å². The highest BCUT2D eigenvalue weighted by Crippen LogP contribution is 2.24. The van der Waals surface area contributed by atoms with Crippen LogP contribution in [0.1, 0.15) is 31.9 Å². The smallest absolute Gasteiger partial charge is 0.129 e. The summed E-state index contributed by atoms with van der Waals surface area (Å²) in [5, 5.41) is 10.1. The van der Waals surface area contributed by atoms with Gasteiger partial charge in [0.25, 0.3) is 0 Å². The lowest BCUT2D eigenvalue weighted by Crippen LogP contribution is -2.28. The van der Waals surface area contributed by atoms with E-state index >= 15 is 0 Å². The molecule has 0 amide bonds. The molecule has 0 aliphatic rings. The number of hydrogen-bond donors (Lipinski definition) is 2. The minimum atomic E-state index is -0.740. The zero-order valence-electron chi connectivity index (χ0n) is 9.86. The molecule has 0 aliphatic carbocycles. The number of halogens is 3. The monoisotopic (exact) mass is 281 g/mol. The van der Waals surface area contributed by atoms with Gasteiger partial charge in [-0.1, -0.05) is 31.5 Å². The fourth-order valence-electron chi connectivity index (χ4n) is 1.61. The highest BCUT2D eigenvalue weighted by Gasteiger charge is 2.20. The van der Waals surface area contributed by atoms with Crippen LogP contribution in [-0.2, 0) is 0 Å². The van der Waals surface area contributed by atoms with Gasteiger partial charge < -0.3 is 10.8 Å². The standard InChI is InChI=1S/C12H17ClFNO.ClH/c1-7(2)5-11(16)12(15)9-4-3-8(13)6-10(9)14;/h3-4,6-7,11-12,16H,5,15H2,1-2H3;1H/t11-,12+;/m0./s1. The molecule has 2 atom stereocenters. The molecule has 0 fully saturated rings. The van der Waals surface area contributed by atoms with Crippen LogP contribution >= 0.6 is 24.0 Å². The molecule has 98 valence electrons. The van der Waals surface area contributed by atoms with Crippen molar-refractivity contribution in [2.24, 2.45) is 11.7 Å². The van der Waals surface area contributed by atoms with E-state index in [2.05, 4.69) is 0 Å². The molecule has 0 saturated heterocycles. The lowest BCUT2D eigenvalue weighted by Gasteiger charge is -2.21. The summed E-state index contributed by atoms with van der Waals surface area (Å²) in [5.74, 6) is -0.154. The first kappa shape index (κ1) is 16.6. The van der Waals surface area contributed by atoms with Crippen molar-refractivity contribution in [2.45, 2.75) is 32.4 Å². The highest BCUT2D eigenvalue weighted by molar-refractivity contribution is 6.30. The minimum Gasteiger partial charge on any atom is -0.391 e. The van der Waals surface area contributed by atoms with E-state index in [1.54, 1.807) is 6.07 Å². The van der Waals surface area contributed by atoms with Crippen LogP contribution in [0.2, 0.25) is 5.02 Å². The Hall–Kier alpha value is -0.350. The van der Waals surface area contributed by atoms with E-state index in [1.165, 1.54) is 12.1 Å². The van der Waals surface area contributed by atoms with Gasteiger partial charge in [-0.3, -0.25) is 0 Å². The third-order valence-corrected chi connectivity index (χ3v) is 2.68. The summed E-state index contributed by atoms with van der Waals surface area (Å²) in [7, 11) is 0. The molecular weight excluding hydrogens is 264 g/mol. The molecule has 1 aromatic rings. The molecule has 0 radical (unpaired) electrons. The second kappa shape index (κ2) is 7.17. The number of rotatable bonds is 4. The molecular formula is C12H18Cl2FNO. The number of aliphatic hydroxyl groups excluding tert-OH is 1. The normalized spacial score (nSPS) is 14.3. The maximum atomic E-state index is 13.5. The minimum absolute atomic E-state index is 0. The van der Waals surface area contributed by atoms with Crippen molar-refractivity contribution in [3.63, 3.8) is 0 Å². The van der Waals surface area contributed by atoms with E-state index in [1.807, 2.05) is 13.8 Å². The first-order valence-electron chi connectivity index (χ1n) is 5.30. The summed E-state index contributed by atoms with van der Waals surface area (Å²) in [4.78, 5) is 0.